The number of ketones is 1. The summed E-state index contributed by atoms with van der Waals surface area (Å²) in [4.78, 5) is 43.5. The first kappa shape index (κ1) is 20.6. The Balaban J connectivity index is 0.00000243. The van der Waals surface area contributed by atoms with Crippen LogP contribution in [-0.4, -0.2) is 16.6 Å². The smallest absolute Gasteiger partial charge is 0.746 e. The number of fused-ring (bicyclic) bond motifs is 2. The maximum absolute atomic E-state index is 11.6. The van der Waals surface area contributed by atoms with Gasteiger partial charge in [-0.2, -0.15) is 0 Å². The van der Waals surface area contributed by atoms with E-state index in [9.17, 15) is 19.0 Å². The summed E-state index contributed by atoms with van der Waals surface area (Å²) in [5.41, 5.74) is -0.0393. The molecule has 0 saturated heterocycles. The molecule has 2 aromatic carbocycles. The van der Waals surface area contributed by atoms with E-state index in [0.29, 0.717) is 5.39 Å². The van der Waals surface area contributed by atoms with Crippen molar-refractivity contribution >= 4 is 41.3 Å². The van der Waals surface area contributed by atoms with Crippen LogP contribution in [0.5, 0.6) is 11.5 Å². The molecule has 1 N–H and O–H groups in total. The number of esters is 1. The summed E-state index contributed by atoms with van der Waals surface area (Å²) >= 11 is 0. The van der Waals surface area contributed by atoms with Gasteiger partial charge in [-0.1, -0.05) is 24.3 Å². The molecule has 0 bridgehead atoms. The van der Waals surface area contributed by atoms with Gasteiger partial charge in [0, 0.05) is 24.6 Å². The first-order valence-electron chi connectivity index (χ1n) is 7.08. The zero-order valence-corrected chi connectivity index (χ0v) is 17.0. The number of Topliss-reactive ketones (excluding diaryl/α,β-unsaturated/α-hetero) is 1. The minimum absolute atomic E-state index is 0. The molecule has 0 radical (unpaired) electrons. The SMILES string of the molecule is CC(=O)Oc1c2ccccc2c(OP(=O)([O-])O)c2cc(C(C)=O)oc12.[Na+]. The first-order valence-corrected chi connectivity index (χ1v) is 8.58. The zero-order chi connectivity index (χ0) is 18.4. The normalized spacial score (nSPS) is 13.1. The van der Waals surface area contributed by atoms with Crippen molar-refractivity contribution in [1.82, 2.24) is 0 Å². The molecule has 26 heavy (non-hydrogen) atoms. The Hall–Kier alpha value is -1.67. The number of carbonyl (C=O) groups excluding carboxylic acids is 2. The molecule has 3 rings (SSSR count). The van der Waals surface area contributed by atoms with Gasteiger partial charge in [-0.25, -0.2) is 0 Å². The first-order chi connectivity index (χ1) is 11.7. The quantitative estimate of drug-likeness (QED) is 0.210. The van der Waals surface area contributed by atoms with Gasteiger partial charge in [0.2, 0.25) is 0 Å². The number of rotatable bonds is 4. The van der Waals surface area contributed by atoms with E-state index in [-0.39, 0.29) is 63.2 Å². The molecule has 0 saturated carbocycles. The molecule has 0 aliphatic heterocycles. The van der Waals surface area contributed by atoms with E-state index in [2.05, 4.69) is 0 Å². The van der Waals surface area contributed by atoms with Crippen molar-refractivity contribution in [3.05, 3.63) is 36.1 Å². The third-order valence-corrected chi connectivity index (χ3v) is 3.81. The van der Waals surface area contributed by atoms with Crippen LogP contribution in [0.4, 0.5) is 0 Å². The second-order valence-corrected chi connectivity index (χ2v) is 6.39. The topological polar surface area (TPSA) is 126 Å². The average molecular weight is 386 g/mol. The molecule has 0 fully saturated rings. The summed E-state index contributed by atoms with van der Waals surface area (Å²) in [5, 5.41) is 0.649. The molecule has 130 valence electrons. The van der Waals surface area contributed by atoms with Gasteiger partial charge in [0.05, 0.1) is 5.39 Å². The fourth-order valence-electron chi connectivity index (χ4n) is 2.51. The Labute approximate surface area is 169 Å². The molecule has 0 spiro atoms. The van der Waals surface area contributed by atoms with Crippen LogP contribution < -0.4 is 43.7 Å². The minimum Gasteiger partial charge on any atom is -0.746 e. The summed E-state index contributed by atoms with van der Waals surface area (Å²) in [6, 6.07) is 7.59. The summed E-state index contributed by atoms with van der Waals surface area (Å²) in [7, 11) is -5.14. The van der Waals surface area contributed by atoms with Gasteiger partial charge in [0.25, 0.3) is 0 Å². The largest absolute Gasteiger partial charge is 1.00 e. The Morgan fingerprint density at radius 2 is 1.69 bits per heavy atom. The molecule has 0 amide bonds. The number of benzene rings is 2. The second kappa shape index (κ2) is 7.52. The van der Waals surface area contributed by atoms with Crippen molar-refractivity contribution in [2.75, 3.05) is 0 Å². The van der Waals surface area contributed by atoms with Crippen molar-refractivity contribution in [3.8, 4) is 11.5 Å². The number of hydrogen-bond donors (Lipinski definition) is 1. The van der Waals surface area contributed by atoms with Gasteiger partial charge in [-0.3, -0.25) is 14.2 Å². The number of furan rings is 1. The number of ether oxygens (including phenoxy) is 1. The van der Waals surface area contributed by atoms with E-state index in [1.54, 1.807) is 18.2 Å². The van der Waals surface area contributed by atoms with Gasteiger partial charge < -0.3 is 23.5 Å². The second-order valence-electron chi connectivity index (χ2n) is 5.27. The van der Waals surface area contributed by atoms with Crippen LogP contribution in [0, 0.1) is 0 Å². The number of carbonyl (C=O) groups is 2. The van der Waals surface area contributed by atoms with E-state index < -0.39 is 19.6 Å². The zero-order valence-electron chi connectivity index (χ0n) is 14.1. The Morgan fingerprint density at radius 1 is 1.12 bits per heavy atom. The summed E-state index contributed by atoms with van der Waals surface area (Å²) in [6.07, 6.45) is 0. The molecular formula is C16H12NaO8P. The third kappa shape index (κ3) is 4.01. The number of phosphoric acid groups is 1. The van der Waals surface area contributed by atoms with Crippen LogP contribution in [0.1, 0.15) is 24.4 Å². The molecule has 1 heterocycles. The van der Waals surface area contributed by atoms with Crippen molar-refractivity contribution < 1.29 is 67.2 Å². The van der Waals surface area contributed by atoms with E-state index in [1.165, 1.54) is 26.0 Å². The molecule has 0 aliphatic rings. The van der Waals surface area contributed by atoms with Crippen LogP contribution in [0.25, 0.3) is 21.7 Å². The van der Waals surface area contributed by atoms with Gasteiger partial charge >= 0.3 is 43.3 Å². The van der Waals surface area contributed by atoms with Crippen molar-refractivity contribution in [2.45, 2.75) is 13.8 Å². The Kier molecular flexibility index (Phi) is 5.97. The van der Waals surface area contributed by atoms with Crippen LogP contribution in [0.2, 0.25) is 0 Å². The Bertz CT molecular complexity index is 1060. The fourth-order valence-corrected chi connectivity index (χ4v) is 2.93. The van der Waals surface area contributed by atoms with Crippen LogP contribution >= 0.6 is 7.82 Å². The standard InChI is InChI=1S/C16H13O8P.Na/c1-8(17)13-7-12-14(24-25(19,20)21)10-5-3-4-6-11(10)15(16(12)23-13)22-9(2)18;/h3-7H,1-2H3,(H2,19,20,21);/q;+1/p-1. The molecule has 0 aliphatic carbocycles. The molecule has 1 atom stereocenters. The van der Waals surface area contributed by atoms with Crippen LogP contribution in [0.15, 0.2) is 34.7 Å². The monoisotopic (exact) mass is 386 g/mol. The van der Waals surface area contributed by atoms with E-state index >= 15 is 0 Å². The maximum Gasteiger partial charge on any atom is 1.00 e. The molecule has 8 nitrogen and oxygen atoms in total. The summed E-state index contributed by atoms with van der Waals surface area (Å²) in [6.45, 7) is 2.45. The van der Waals surface area contributed by atoms with Crippen LogP contribution in [0.3, 0.4) is 0 Å². The van der Waals surface area contributed by atoms with Crippen LogP contribution in [-0.2, 0) is 9.36 Å². The van der Waals surface area contributed by atoms with Gasteiger partial charge in [-0.15, -0.1) is 0 Å². The summed E-state index contributed by atoms with van der Waals surface area (Å²) < 4.78 is 26.6. The van der Waals surface area contributed by atoms with E-state index in [1.807, 2.05) is 0 Å². The number of hydrogen-bond acceptors (Lipinski definition) is 7. The molecular weight excluding hydrogens is 374 g/mol. The predicted molar refractivity (Wildman–Crippen MR) is 85.5 cm³/mol. The minimum atomic E-state index is -5.14. The molecule has 3 aromatic rings. The Morgan fingerprint density at radius 3 is 2.19 bits per heavy atom. The van der Waals surface area contributed by atoms with Gasteiger partial charge in [0.1, 0.15) is 5.75 Å². The molecule has 1 unspecified atom stereocenters. The van der Waals surface area contributed by atoms with Crippen molar-refractivity contribution in [3.63, 3.8) is 0 Å². The van der Waals surface area contributed by atoms with E-state index in [0.717, 1.165) is 0 Å². The van der Waals surface area contributed by atoms with Crippen molar-refractivity contribution in [2.24, 2.45) is 0 Å². The predicted octanol–water partition coefficient (Wildman–Crippen LogP) is -0.443. The number of phosphoric ester groups is 1. The maximum atomic E-state index is 11.6. The van der Waals surface area contributed by atoms with Crippen molar-refractivity contribution in [1.29, 1.82) is 0 Å². The van der Waals surface area contributed by atoms with Gasteiger partial charge in [0.15, 0.2) is 22.9 Å². The fraction of sp³-hybridized carbons (Fsp3) is 0.125. The summed E-state index contributed by atoms with van der Waals surface area (Å²) in [5.74, 6) is -1.33. The molecule has 10 heteroatoms. The van der Waals surface area contributed by atoms with E-state index in [4.69, 9.17) is 18.6 Å². The van der Waals surface area contributed by atoms with Gasteiger partial charge in [-0.05, 0) is 6.07 Å². The third-order valence-electron chi connectivity index (χ3n) is 3.40. The average Bonchev–Trinajstić information content (AvgIpc) is 2.94. The molecule has 1 aromatic heterocycles.